The van der Waals surface area contributed by atoms with Crippen molar-refractivity contribution in [3.63, 3.8) is 0 Å². The minimum Gasteiger partial charge on any atom is -0.356 e. The molecule has 0 spiro atoms. The van der Waals surface area contributed by atoms with Gasteiger partial charge in [0.2, 0.25) is 0 Å². The van der Waals surface area contributed by atoms with Gasteiger partial charge in [0.25, 0.3) is 0 Å². The molecule has 0 N–H and O–H groups in total. The summed E-state index contributed by atoms with van der Waals surface area (Å²) < 4.78 is 0. The van der Waals surface area contributed by atoms with Crippen LogP contribution in [0.2, 0.25) is 0 Å². The van der Waals surface area contributed by atoms with Gasteiger partial charge in [-0.05, 0) is 26.2 Å². The van der Waals surface area contributed by atoms with Crippen LogP contribution in [0, 0.1) is 5.92 Å². The third-order valence-electron chi connectivity index (χ3n) is 3.79. The van der Waals surface area contributed by atoms with E-state index in [1.807, 2.05) is 0 Å². The van der Waals surface area contributed by atoms with Gasteiger partial charge in [-0.15, -0.1) is 0 Å². The number of hydrogen-bond acceptors (Lipinski definition) is 2. The number of hydrogen-bond donors (Lipinski definition) is 0. The van der Waals surface area contributed by atoms with Gasteiger partial charge in [-0.3, -0.25) is 0 Å². The molecular formula is C16H32N2. The summed E-state index contributed by atoms with van der Waals surface area (Å²) in [5, 5.41) is 0. The number of rotatable bonds is 8. The van der Waals surface area contributed by atoms with Crippen LogP contribution in [0.5, 0.6) is 0 Å². The fourth-order valence-corrected chi connectivity index (χ4v) is 2.82. The molecule has 0 saturated carbocycles. The van der Waals surface area contributed by atoms with Crippen molar-refractivity contribution in [1.29, 1.82) is 0 Å². The third kappa shape index (κ3) is 4.22. The van der Waals surface area contributed by atoms with Crippen molar-refractivity contribution in [2.45, 2.75) is 78.9 Å². The normalized spacial score (nSPS) is 19.6. The van der Waals surface area contributed by atoms with E-state index in [4.69, 9.17) is 0 Å². The first-order valence-electron chi connectivity index (χ1n) is 7.79. The van der Waals surface area contributed by atoms with Gasteiger partial charge in [0.05, 0.1) is 0 Å². The van der Waals surface area contributed by atoms with Crippen molar-refractivity contribution in [2.75, 3.05) is 6.54 Å². The van der Waals surface area contributed by atoms with Crippen molar-refractivity contribution >= 4 is 0 Å². The molecule has 1 unspecified atom stereocenters. The lowest BCUT2D eigenvalue weighted by Crippen LogP contribution is -2.45. The van der Waals surface area contributed by atoms with Crippen molar-refractivity contribution in [3.05, 3.63) is 12.4 Å². The molecule has 0 aromatic carbocycles. The van der Waals surface area contributed by atoms with Gasteiger partial charge < -0.3 is 9.80 Å². The summed E-state index contributed by atoms with van der Waals surface area (Å²) in [7, 11) is 0. The van der Waals surface area contributed by atoms with Crippen LogP contribution in [0.4, 0.5) is 0 Å². The molecule has 1 atom stereocenters. The standard InChI is InChI=1S/C16H32N2/c1-6-7-8-9-10-11-17-12-13-18(15(4)5)16(17)14(2)3/h12-16H,6-11H2,1-5H3. The fourth-order valence-electron chi connectivity index (χ4n) is 2.82. The maximum atomic E-state index is 2.54. The molecule has 2 nitrogen and oxygen atoms in total. The highest BCUT2D eigenvalue weighted by Crippen LogP contribution is 2.25. The van der Waals surface area contributed by atoms with Gasteiger partial charge in [-0.25, -0.2) is 0 Å². The Morgan fingerprint density at radius 2 is 1.61 bits per heavy atom. The predicted molar refractivity (Wildman–Crippen MR) is 80.2 cm³/mol. The molecule has 1 rings (SSSR count). The average molecular weight is 252 g/mol. The molecule has 0 aliphatic carbocycles. The maximum Gasteiger partial charge on any atom is 0.103 e. The second-order valence-corrected chi connectivity index (χ2v) is 6.15. The van der Waals surface area contributed by atoms with E-state index in [0.717, 1.165) is 0 Å². The Morgan fingerprint density at radius 3 is 2.17 bits per heavy atom. The van der Waals surface area contributed by atoms with Gasteiger partial charge >= 0.3 is 0 Å². The highest BCUT2D eigenvalue weighted by Gasteiger charge is 2.29. The van der Waals surface area contributed by atoms with Gasteiger partial charge in [-0.2, -0.15) is 0 Å². The van der Waals surface area contributed by atoms with Crippen LogP contribution in [-0.2, 0) is 0 Å². The highest BCUT2D eigenvalue weighted by molar-refractivity contribution is 4.99. The number of unbranched alkanes of at least 4 members (excludes halogenated alkanes) is 4. The molecule has 0 aromatic rings. The topological polar surface area (TPSA) is 6.48 Å². The first-order valence-corrected chi connectivity index (χ1v) is 7.79. The van der Waals surface area contributed by atoms with E-state index in [1.54, 1.807) is 0 Å². The molecule has 0 saturated heterocycles. The molecule has 1 heterocycles. The molecule has 1 aliphatic rings. The molecule has 0 aromatic heterocycles. The lowest BCUT2D eigenvalue weighted by atomic mass is 10.1. The highest BCUT2D eigenvalue weighted by atomic mass is 15.4. The van der Waals surface area contributed by atoms with Gasteiger partial charge in [0, 0.05) is 25.0 Å². The number of nitrogens with zero attached hydrogens (tertiary/aromatic N) is 2. The molecule has 0 amide bonds. The van der Waals surface area contributed by atoms with Crippen LogP contribution in [0.15, 0.2) is 12.4 Å². The van der Waals surface area contributed by atoms with Crippen LogP contribution >= 0.6 is 0 Å². The van der Waals surface area contributed by atoms with Crippen molar-refractivity contribution in [1.82, 2.24) is 9.80 Å². The van der Waals surface area contributed by atoms with Crippen LogP contribution in [0.1, 0.15) is 66.7 Å². The van der Waals surface area contributed by atoms with Gasteiger partial charge in [0.1, 0.15) is 6.17 Å². The fraction of sp³-hybridized carbons (Fsp3) is 0.875. The van der Waals surface area contributed by atoms with E-state index in [0.29, 0.717) is 18.1 Å². The quantitative estimate of drug-likeness (QED) is 0.589. The molecule has 18 heavy (non-hydrogen) atoms. The van der Waals surface area contributed by atoms with Crippen molar-refractivity contribution in [2.24, 2.45) is 5.92 Å². The van der Waals surface area contributed by atoms with E-state index in [1.165, 1.54) is 38.6 Å². The summed E-state index contributed by atoms with van der Waals surface area (Å²) in [6, 6.07) is 0.596. The average Bonchev–Trinajstić information content (AvgIpc) is 2.72. The third-order valence-corrected chi connectivity index (χ3v) is 3.79. The van der Waals surface area contributed by atoms with Crippen molar-refractivity contribution < 1.29 is 0 Å². The van der Waals surface area contributed by atoms with Crippen LogP contribution < -0.4 is 0 Å². The summed E-state index contributed by atoms with van der Waals surface area (Å²) in [6.45, 7) is 12.7. The lowest BCUT2D eigenvalue weighted by molar-refractivity contribution is 0.0843. The summed E-state index contributed by atoms with van der Waals surface area (Å²) in [6.07, 6.45) is 12.0. The summed E-state index contributed by atoms with van der Waals surface area (Å²) >= 11 is 0. The Labute approximate surface area is 114 Å². The van der Waals surface area contributed by atoms with Crippen molar-refractivity contribution in [3.8, 4) is 0 Å². The monoisotopic (exact) mass is 252 g/mol. The molecule has 106 valence electrons. The zero-order valence-electron chi connectivity index (χ0n) is 13.0. The summed E-state index contributed by atoms with van der Waals surface area (Å²) in [5.74, 6) is 0.679. The SMILES string of the molecule is CCCCCCCN1C=CN(C(C)C)C1C(C)C. The molecule has 1 aliphatic heterocycles. The van der Waals surface area contributed by atoms with E-state index in [2.05, 4.69) is 56.8 Å². The molecular weight excluding hydrogens is 220 g/mol. The second kappa shape index (κ2) is 7.70. The largest absolute Gasteiger partial charge is 0.356 e. The minimum atomic E-state index is 0.566. The smallest absolute Gasteiger partial charge is 0.103 e. The lowest BCUT2D eigenvalue weighted by Gasteiger charge is -2.38. The van der Waals surface area contributed by atoms with E-state index in [-0.39, 0.29) is 0 Å². The molecule has 0 bridgehead atoms. The Bertz CT molecular complexity index is 245. The zero-order valence-corrected chi connectivity index (χ0v) is 13.0. The maximum absolute atomic E-state index is 2.54. The Hall–Kier alpha value is -0.660. The Kier molecular flexibility index (Phi) is 6.59. The van der Waals surface area contributed by atoms with Gasteiger partial charge in [-0.1, -0.05) is 46.5 Å². The first-order chi connectivity index (χ1) is 8.57. The van der Waals surface area contributed by atoms with Crippen LogP contribution in [0.25, 0.3) is 0 Å². The Balaban J connectivity index is 2.38. The molecule has 0 radical (unpaired) electrons. The van der Waals surface area contributed by atoms with Crippen LogP contribution in [0.3, 0.4) is 0 Å². The zero-order chi connectivity index (χ0) is 13.5. The molecule has 0 fully saturated rings. The molecule has 2 heteroatoms. The van der Waals surface area contributed by atoms with E-state index >= 15 is 0 Å². The van der Waals surface area contributed by atoms with Gasteiger partial charge in [0.15, 0.2) is 0 Å². The van der Waals surface area contributed by atoms with E-state index < -0.39 is 0 Å². The van der Waals surface area contributed by atoms with Crippen LogP contribution in [-0.4, -0.2) is 28.6 Å². The summed E-state index contributed by atoms with van der Waals surface area (Å²) in [4.78, 5) is 5.04. The predicted octanol–water partition coefficient (Wildman–Crippen LogP) is 4.44. The second-order valence-electron chi connectivity index (χ2n) is 6.15. The first kappa shape index (κ1) is 15.4. The Morgan fingerprint density at radius 1 is 0.944 bits per heavy atom. The van der Waals surface area contributed by atoms with E-state index in [9.17, 15) is 0 Å². The minimum absolute atomic E-state index is 0.566. The summed E-state index contributed by atoms with van der Waals surface area (Å²) in [5.41, 5.74) is 0.